The minimum absolute atomic E-state index is 0.137. The first-order chi connectivity index (χ1) is 9.82. The van der Waals surface area contributed by atoms with Crippen molar-refractivity contribution in [2.24, 2.45) is 0 Å². The van der Waals surface area contributed by atoms with Gasteiger partial charge < -0.3 is 4.90 Å². The molecule has 1 aliphatic heterocycles. The second-order valence-corrected chi connectivity index (χ2v) is 5.87. The highest BCUT2D eigenvalue weighted by Gasteiger charge is 2.35. The predicted molar refractivity (Wildman–Crippen MR) is 93.2 cm³/mol. The summed E-state index contributed by atoms with van der Waals surface area (Å²) in [6.45, 7) is 16.9. The average Bonchev–Trinajstić information content (AvgIpc) is 2.72. The molecule has 1 aliphatic rings. The normalized spacial score (nSPS) is 17.0. The molecule has 0 saturated carbocycles. The third-order valence-corrected chi connectivity index (χ3v) is 3.19. The van der Waals surface area contributed by atoms with Crippen LogP contribution in [-0.4, -0.2) is 22.9 Å². The fraction of sp³-hybridized carbons (Fsp3) is 0.526. The minimum atomic E-state index is -0.137. The van der Waals surface area contributed by atoms with Crippen molar-refractivity contribution in [3.63, 3.8) is 0 Å². The number of nitrogens with zero attached hydrogens (tertiary/aromatic N) is 1. The quantitative estimate of drug-likeness (QED) is 0.666. The van der Waals surface area contributed by atoms with Crippen LogP contribution >= 0.6 is 0 Å². The van der Waals surface area contributed by atoms with Crippen LogP contribution in [0.1, 0.15) is 55.4 Å². The van der Waals surface area contributed by atoms with Crippen molar-refractivity contribution in [1.82, 2.24) is 4.90 Å². The predicted octanol–water partition coefficient (Wildman–Crippen LogP) is 5.05. The maximum Gasteiger partial charge on any atom is 0.255 e. The molecule has 0 aromatic rings. The highest BCUT2D eigenvalue weighted by Crippen LogP contribution is 2.30. The topological polar surface area (TPSA) is 20.3 Å². The SMILES string of the molecule is CC.C\C=C/C=C(\C=C/C)C1=C(C)CN(C(C)(C)C)C1=O. The maximum atomic E-state index is 12.6. The fourth-order valence-electron chi connectivity index (χ4n) is 2.22. The third kappa shape index (κ3) is 5.04. The summed E-state index contributed by atoms with van der Waals surface area (Å²) in [6, 6.07) is 0. The molecule has 2 nitrogen and oxygen atoms in total. The van der Waals surface area contributed by atoms with E-state index < -0.39 is 0 Å². The fourth-order valence-corrected chi connectivity index (χ4v) is 2.22. The summed E-state index contributed by atoms with van der Waals surface area (Å²) in [5.41, 5.74) is 2.86. The Morgan fingerprint density at radius 2 is 1.71 bits per heavy atom. The largest absolute Gasteiger partial charge is 0.330 e. The lowest BCUT2D eigenvalue weighted by Gasteiger charge is -2.32. The van der Waals surface area contributed by atoms with E-state index in [0.29, 0.717) is 0 Å². The zero-order chi connectivity index (χ0) is 16.6. The number of allylic oxidation sites excluding steroid dienone is 5. The first kappa shape index (κ1) is 19.4. The van der Waals surface area contributed by atoms with Crippen LogP contribution in [0.4, 0.5) is 0 Å². The summed E-state index contributed by atoms with van der Waals surface area (Å²) in [5, 5.41) is 0. The summed E-state index contributed by atoms with van der Waals surface area (Å²) in [4.78, 5) is 14.5. The summed E-state index contributed by atoms with van der Waals surface area (Å²) in [5.74, 6) is 0.138. The van der Waals surface area contributed by atoms with Gasteiger partial charge in [-0.25, -0.2) is 0 Å². The van der Waals surface area contributed by atoms with Gasteiger partial charge in [0.25, 0.3) is 5.91 Å². The van der Waals surface area contributed by atoms with Gasteiger partial charge in [-0.15, -0.1) is 0 Å². The average molecular weight is 289 g/mol. The van der Waals surface area contributed by atoms with Crippen LogP contribution in [-0.2, 0) is 4.79 Å². The lowest BCUT2D eigenvalue weighted by Crippen LogP contribution is -2.43. The van der Waals surface area contributed by atoms with E-state index in [9.17, 15) is 4.79 Å². The molecule has 21 heavy (non-hydrogen) atoms. The van der Waals surface area contributed by atoms with Crippen LogP contribution in [0, 0.1) is 0 Å². The molecule has 1 rings (SSSR count). The van der Waals surface area contributed by atoms with Gasteiger partial charge in [-0.1, -0.05) is 44.2 Å². The molecule has 0 fully saturated rings. The van der Waals surface area contributed by atoms with E-state index in [1.807, 2.05) is 69.9 Å². The molecular weight excluding hydrogens is 258 g/mol. The lowest BCUT2D eigenvalue weighted by molar-refractivity contribution is -0.129. The van der Waals surface area contributed by atoms with Gasteiger partial charge in [-0.05, 0) is 52.7 Å². The van der Waals surface area contributed by atoms with Crippen molar-refractivity contribution in [1.29, 1.82) is 0 Å². The third-order valence-electron chi connectivity index (χ3n) is 3.19. The van der Waals surface area contributed by atoms with Crippen molar-refractivity contribution in [2.75, 3.05) is 6.54 Å². The van der Waals surface area contributed by atoms with E-state index in [1.54, 1.807) is 0 Å². The van der Waals surface area contributed by atoms with Crippen molar-refractivity contribution in [3.05, 3.63) is 47.1 Å². The van der Waals surface area contributed by atoms with Crippen molar-refractivity contribution in [3.8, 4) is 0 Å². The van der Waals surface area contributed by atoms with Gasteiger partial charge in [0.2, 0.25) is 0 Å². The Balaban J connectivity index is 0.00000191. The molecule has 0 radical (unpaired) electrons. The second-order valence-electron chi connectivity index (χ2n) is 5.87. The van der Waals surface area contributed by atoms with Gasteiger partial charge in [0.05, 0.1) is 0 Å². The highest BCUT2D eigenvalue weighted by atomic mass is 16.2. The molecule has 0 aromatic carbocycles. The van der Waals surface area contributed by atoms with Gasteiger partial charge in [-0.2, -0.15) is 0 Å². The van der Waals surface area contributed by atoms with E-state index in [0.717, 1.165) is 23.3 Å². The van der Waals surface area contributed by atoms with Crippen molar-refractivity contribution in [2.45, 2.75) is 60.9 Å². The highest BCUT2D eigenvalue weighted by molar-refractivity contribution is 6.02. The Morgan fingerprint density at radius 1 is 1.14 bits per heavy atom. The summed E-state index contributed by atoms with van der Waals surface area (Å²) < 4.78 is 0. The molecular formula is C19H31NO. The van der Waals surface area contributed by atoms with Gasteiger partial charge >= 0.3 is 0 Å². The molecule has 1 heterocycles. The molecule has 0 bridgehead atoms. The van der Waals surface area contributed by atoms with Gasteiger partial charge in [0.15, 0.2) is 0 Å². The Labute approximate surface area is 130 Å². The molecule has 0 spiro atoms. The van der Waals surface area contributed by atoms with Crippen molar-refractivity contribution >= 4 is 5.91 Å². The molecule has 0 atom stereocenters. The van der Waals surface area contributed by atoms with Gasteiger partial charge in [0, 0.05) is 17.7 Å². The van der Waals surface area contributed by atoms with E-state index in [2.05, 4.69) is 20.8 Å². The monoisotopic (exact) mass is 289 g/mol. The van der Waals surface area contributed by atoms with Crippen LogP contribution in [0.15, 0.2) is 47.1 Å². The first-order valence-corrected chi connectivity index (χ1v) is 7.80. The molecule has 0 N–H and O–H groups in total. The lowest BCUT2D eigenvalue weighted by atomic mass is 10.0. The van der Waals surface area contributed by atoms with E-state index in [1.165, 1.54) is 0 Å². The molecule has 0 aromatic heterocycles. The zero-order valence-corrected chi connectivity index (χ0v) is 14.9. The smallest absolute Gasteiger partial charge is 0.255 e. The number of carbonyl (C=O) groups is 1. The Bertz CT molecular complexity index is 470. The second kappa shape index (κ2) is 8.66. The maximum absolute atomic E-state index is 12.6. The summed E-state index contributed by atoms with van der Waals surface area (Å²) >= 11 is 0. The van der Waals surface area contributed by atoms with Crippen LogP contribution in [0.3, 0.4) is 0 Å². The van der Waals surface area contributed by atoms with E-state index in [4.69, 9.17) is 0 Å². The molecule has 118 valence electrons. The van der Waals surface area contributed by atoms with Crippen LogP contribution < -0.4 is 0 Å². The van der Waals surface area contributed by atoms with E-state index in [-0.39, 0.29) is 11.4 Å². The Kier molecular flexibility index (Phi) is 8.01. The number of rotatable bonds is 3. The summed E-state index contributed by atoms with van der Waals surface area (Å²) in [7, 11) is 0. The number of carbonyl (C=O) groups excluding carboxylic acids is 1. The first-order valence-electron chi connectivity index (χ1n) is 7.80. The van der Waals surface area contributed by atoms with Crippen molar-refractivity contribution < 1.29 is 4.79 Å². The minimum Gasteiger partial charge on any atom is -0.330 e. The van der Waals surface area contributed by atoms with E-state index >= 15 is 0 Å². The molecule has 2 heteroatoms. The number of hydrogen-bond donors (Lipinski definition) is 0. The zero-order valence-electron chi connectivity index (χ0n) is 14.9. The number of amides is 1. The van der Waals surface area contributed by atoms with Crippen LogP contribution in [0.2, 0.25) is 0 Å². The molecule has 0 saturated heterocycles. The Morgan fingerprint density at radius 3 is 2.10 bits per heavy atom. The Hall–Kier alpha value is -1.57. The molecule has 1 amide bonds. The molecule has 0 unspecified atom stereocenters. The van der Waals surface area contributed by atoms with Crippen LogP contribution in [0.5, 0.6) is 0 Å². The van der Waals surface area contributed by atoms with Gasteiger partial charge in [-0.3, -0.25) is 4.79 Å². The molecule has 0 aliphatic carbocycles. The summed E-state index contributed by atoms with van der Waals surface area (Å²) in [6.07, 6.45) is 9.93. The number of hydrogen-bond acceptors (Lipinski definition) is 1. The van der Waals surface area contributed by atoms with Gasteiger partial charge in [0.1, 0.15) is 0 Å². The van der Waals surface area contributed by atoms with Crippen LogP contribution in [0.25, 0.3) is 0 Å². The standard InChI is InChI=1S/C17H25NO.C2H6/c1-7-9-11-14(10-8-2)15-13(3)12-18(16(15)19)17(4,5)6;1-2/h7-11H,12H2,1-6H3;1-2H3/b9-7-,10-8-,14-11+;.